The lowest BCUT2D eigenvalue weighted by Crippen LogP contribution is -2.49. The first-order valence-corrected chi connectivity index (χ1v) is 8.13. The molecule has 1 amide bonds. The molecule has 0 saturated carbocycles. The van der Waals surface area contributed by atoms with Crippen LogP contribution in [0.5, 0.6) is 0 Å². The van der Waals surface area contributed by atoms with Crippen LogP contribution in [-0.2, 0) is 11.2 Å². The summed E-state index contributed by atoms with van der Waals surface area (Å²) in [5, 5.41) is 6.55. The third-order valence-electron chi connectivity index (χ3n) is 4.36. The van der Waals surface area contributed by atoms with Crippen molar-refractivity contribution in [3.8, 4) is 0 Å². The second-order valence-electron chi connectivity index (χ2n) is 6.74. The minimum Gasteiger partial charge on any atom is -0.352 e. The molecule has 1 unspecified atom stereocenters. The number of benzene rings is 1. The Morgan fingerprint density at radius 3 is 2.76 bits per heavy atom. The highest BCUT2D eigenvalue weighted by Gasteiger charge is 2.29. The van der Waals surface area contributed by atoms with Gasteiger partial charge in [0, 0.05) is 18.0 Å². The van der Waals surface area contributed by atoms with Gasteiger partial charge in [0.25, 0.3) is 0 Å². The van der Waals surface area contributed by atoms with Crippen LogP contribution in [0.3, 0.4) is 0 Å². The van der Waals surface area contributed by atoms with Crippen molar-refractivity contribution in [1.82, 2.24) is 10.6 Å². The second kappa shape index (κ2) is 7.60. The quantitative estimate of drug-likeness (QED) is 0.845. The highest BCUT2D eigenvalue weighted by Crippen LogP contribution is 2.24. The summed E-state index contributed by atoms with van der Waals surface area (Å²) >= 11 is 0. The van der Waals surface area contributed by atoms with Gasteiger partial charge in [-0.3, -0.25) is 4.79 Å². The van der Waals surface area contributed by atoms with Crippen molar-refractivity contribution in [3.05, 3.63) is 35.9 Å². The monoisotopic (exact) mass is 288 g/mol. The zero-order chi connectivity index (χ0) is 15.1. The summed E-state index contributed by atoms with van der Waals surface area (Å²) in [6.07, 6.45) is 5.27. The maximum Gasteiger partial charge on any atom is 0.225 e. The van der Waals surface area contributed by atoms with Crippen LogP contribution >= 0.6 is 0 Å². The van der Waals surface area contributed by atoms with Gasteiger partial charge in [-0.15, -0.1) is 0 Å². The molecule has 2 N–H and O–H groups in total. The van der Waals surface area contributed by atoms with Gasteiger partial charge >= 0.3 is 0 Å². The van der Waals surface area contributed by atoms with Gasteiger partial charge in [-0.25, -0.2) is 0 Å². The number of hydrogen-bond acceptors (Lipinski definition) is 2. The van der Waals surface area contributed by atoms with Crippen LogP contribution in [0.4, 0.5) is 0 Å². The van der Waals surface area contributed by atoms with Gasteiger partial charge in [-0.05, 0) is 44.2 Å². The zero-order valence-corrected chi connectivity index (χ0v) is 13.3. The molecule has 1 fully saturated rings. The summed E-state index contributed by atoms with van der Waals surface area (Å²) < 4.78 is 0. The minimum absolute atomic E-state index is 0.198. The van der Waals surface area contributed by atoms with Crippen molar-refractivity contribution < 1.29 is 4.79 Å². The number of nitrogens with one attached hydrogen (secondary N) is 2. The third-order valence-corrected chi connectivity index (χ3v) is 4.36. The zero-order valence-electron chi connectivity index (χ0n) is 13.3. The molecule has 0 aliphatic carbocycles. The highest BCUT2D eigenvalue weighted by atomic mass is 16.2. The van der Waals surface area contributed by atoms with E-state index in [1.54, 1.807) is 0 Å². The molecule has 116 valence electrons. The molecule has 0 bridgehead atoms. The maximum atomic E-state index is 12.4. The number of amides is 1. The second-order valence-corrected chi connectivity index (χ2v) is 6.74. The number of carbonyl (C=O) groups is 1. The average molecular weight is 288 g/mol. The molecule has 21 heavy (non-hydrogen) atoms. The van der Waals surface area contributed by atoms with Gasteiger partial charge < -0.3 is 10.6 Å². The maximum absolute atomic E-state index is 12.4. The molecule has 0 radical (unpaired) electrons. The predicted molar refractivity (Wildman–Crippen MR) is 87.2 cm³/mol. The molecule has 1 saturated heterocycles. The van der Waals surface area contributed by atoms with E-state index in [9.17, 15) is 4.79 Å². The lowest BCUT2D eigenvalue weighted by atomic mass is 9.85. The molecule has 0 spiro atoms. The van der Waals surface area contributed by atoms with E-state index in [0.29, 0.717) is 6.04 Å². The summed E-state index contributed by atoms with van der Waals surface area (Å²) in [6, 6.07) is 10.8. The Morgan fingerprint density at radius 1 is 1.33 bits per heavy atom. The van der Waals surface area contributed by atoms with Crippen LogP contribution < -0.4 is 10.6 Å². The third kappa shape index (κ3) is 5.16. The lowest BCUT2D eigenvalue weighted by molar-refractivity contribution is -0.130. The van der Waals surface area contributed by atoms with Gasteiger partial charge in [0.05, 0.1) is 0 Å². The van der Waals surface area contributed by atoms with Gasteiger partial charge in [0.1, 0.15) is 0 Å². The van der Waals surface area contributed by atoms with Gasteiger partial charge in [-0.2, -0.15) is 0 Å². The van der Waals surface area contributed by atoms with Crippen LogP contribution in [0, 0.1) is 5.41 Å². The summed E-state index contributed by atoms with van der Waals surface area (Å²) in [5.41, 5.74) is 1.07. The predicted octanol–water partition coefficient (Wildman–Crippen LogP) is 2.90. The van der Waals surface area contributed by atoms with Crippen LogP contribution in [-0.4, -0.2) is 25.0 Å². The Balaban J connectivity index is 1.75. The van der Waals surface area contributed by atoms with E-state index in [2.05, 4.69) is 48.7 Å². The standard InChI is InChI=1S/C18H28N2O/c1-18(2,12-6-10-15-8-4-3-5-9-15)17(21)20-16-11-7-13-19-14-16/h3-5,8-9,16,19H,6-7,10-14H2,1-2H3,(H,20,21). The number of hydrogen-bond donors (Lipinski definition) is 2. The van der Waals surface area contributed by atoms with E-state index in [-0.39, 0.29) is 11.3 Å². The van der Waals surface area contributed by atoms with Crippen LogP contribution in [0.1, 0.15) is 45.1 Å². The largest absolute Gasteiger partial charge is 0.352 e. The molecule has 1 aromatic rings. The molecule has 3 nitrogen and oxygen atoms in total. The minimum atomic E-state index is -0.285. The van der Waals surface area contributed by atoms with Crippen molar-refractivity contribution in [1.29, 1.82) is 0 Å². The summed E-state index contributed by atoms with van der Waals surface area (Å²) in [5.74, 6) is 0.198. The molecular formula is C18H28N2O. The first-order valence-electron chi connectivity index (χ1n) is 8.13. The summed E-state index contributed by atoms with van der Waals surface area (Å²) in [4.78, 5) is 12.4. The molecule has 1 atom stereocenters. The van der Waals surface area contributed by atoms with Crippen molar-refractivity contribution in [2.75, 3.05) is 13.1 Å². The van der Waals surface area contributed by atoms with Crippen molar-refractivity contribution >= 4 is 5.91 Å². The Bertz CT molecular complexity index is 436. The SMILES string of the molecule is CC(C)(CCCc1ccccc1)C(=O)NC1CCCNC1. The highest BCUT2D eigenvalue weighted by molar-refractivity contribution is 5.82. The van der Waals surface area contributed by atoms with Crippen LogP contribution in [0.15, 0.2) is 30.3 Å². The molecule has 3 heteroatoms. The lowest BCUT2D eigenvalue weighted by Gasteiger charge is -2.29. The van der Waals surface area contributed by atoms with Crippen molar-refractivity contribution in [2.45, 2.75) is 52.0 Å². The van der Waals surface area contributed by atoms with Crippen LogP contribution in [0.25, 0.3) is 0 Å². The Hall–Kier alpha value is -1.35. The first-order chi connectivity index (χ1) is 10.1. The van der Waals surface area contributed by atoms with E-state index in [4.69, 9.17) is 0 Å². The average Bonchev–Trinajstić information content (AvgIpc) is 2.49. The Labute approximate surface area is 128 Å². The molecule has 1 heterocycles. The number of rotatable bonds is 6. The van der Waals surface area contributed by atoms with E-state index in [1.807, 2.05) is 6.07 Å². The van der Waals surface area contributed by atoms with Crippen molar-refractivity contribution in [3.63, 3.8) is 0 Å². The van der Waals surface area contributed by atoms with Gasteiger partial charge in [-0.1, -0.05) is 44.2 Å². The smallest absolute Gasteiger partial charge is 0.225 e. The normalized spacial score (nSPS) is 19.2. The molecule has 1 aromatic carbocycles. The van der Waals surface area contributed by atoms with E-state index in [0.717, 1.165) is 45.2 Å². The fourth-order valence-corrected chi connectivity index (χ4v) is 2.85. The first kappa shape index (κ1) is 16.0. The Morgan fingerprint density at radius 2 is 2.10 bits per heavy atom. The number of aryl methyl sites for hydroxylation is 1. The summed E-state index contributed by atoms with van der Waals surface area (Å²) in [6.45, 7) is 6.10. The summed E-state index contributed by atoms with van der Waals surface area (Å²) in [7, 11) is 0. The molecule has 2 rings (SSSR count). The molecule has 1 aliphatic rings. The molecule has 0 aromatic heterocycles. The molecule has 1 aliphatic heterocycles. The fourth-order valence-electron chi connectivity index (χ4n) is 2.85. The number of carbonyl (C=O) groups excluding carboxylic acids is 1. The topological polar surface area (TPSA) is 41.1 Å². The van der Waals surface area contributed by atoms with E-state index >= 15 is 0 Å². The van der Waals surface area contributed by atoms with Crippen LogP contribution in [0.2, 0.25) is 0 Å². The molecular weight excluding hydrogens is 260 g/mol. The van der Waals surface area contributed by atoms with Crippen molar-refractivity contribution in [2.24, 2.45) is 5.41 Å². The fraction of sp³-hybridized carbons (Fsp3) is 0.611. The van der Waals surface area contributed by atoms with Gasteiger partial charge in [0.15, 0.2) is 0 Å². The number of piperidine rings is 1. The Kier molecular flexibility index (Phi) is 5.80. The van der Waals surface area contributed by atoms with E-state index in [1.165, 1.54) is 5.56 Å². The van der Waals surface area contributed by atoms with Gasteiger partial charge in [0.2, 0.25) is 5.91 Å². The van der Waals surface area contributed by atoms with E-state index < -0.39 is 0 Å².